The van der Waals surface area contributed by atoms with E-state index in [1.165, 1.54) is 37.6 Å². The maximum atomic E-state index is 12.9. The van der Waals surface area contributed by atoms with Gasteiger partial charge in [-0.05, 0) is 40.2 Å². The van der Waals surface area contributed by atoms with Crippen LogP contribution >= 0.6 is 50.7 Å². The lowest BCUT2D eigenvalue weighted by Crippen LogP contribution is -2.33. The number of ether oxygens (including phenoxy) is 1. The lowest BCUT2D eigenvalue weighted by molar-refractivity contribution is 0.209. The van der Waals surface area contributed by atoms with E-state index >= 15 is 0 Å². The topological polar surface area (TPSA) is 59.5 Å². The standard InChI is InChI=1S/C13H10BrCl3N2O3S/c1-22-7-19(12-4-8(15)6-18-13(12)14)23(20,21)9-2-3-10(16)11(17)5-9/h2-6H,7H2,1H3. The maximum absolute atomic E-state index is 12.9. The highest BCUT2D eigenvalue weighted by Crippen LogP contribution is 2.33. The van der Waals surface area contributed by atoms with E-state index in [0.717, 1.165) is 4.31 Å². The van der Waals surface area contributed by atoms with E-state index in [2.05, 4.69) is 20.9 Å². The number of nitrogens with zero attached hydrogens (tertiary/aromatic N) is 2. The van der Waals surface area contributed by atoms with Crippen LogP contribution in [0.25, 0.3) is 0 Å². The number of pyridine rings is 1. The lowest BCUT2D eigenvalue weighted by atomic mass is 10.4. The van der Waals surface area contributed by atoms with Gasteiger partial charge in [-0.1, -0.05) is 34.8 Å². The fourth-order valence-corrected chi connectivity index (χ4v) is 4.20. The van der Waals surface area contributed by atoms with Crippen molar-refractivity contribution in [3.05, 3.63) is 50.1 Å². The van der Waals surface area contributed by atoms with Crippen LogP contribution in [0.5, 0.6) is 0 Å². The van der Waals surface area contributed by atoms with Crippen molar-refractivity contribution < 1.29 is 13.2 Å². The molecule has 0 amide bonds. The fraction of sp³-hybridized carbons (Fsp3) is 0.154. The predicted molar refractivity (Wildman–Crippen MR) is 94.9 cm³/mol. The minimum atomic E-state index is -3.96. The van der Waals surface area contributed by atoms with Gasteiger partial charge < -0.3 is 4.74 Å². The second kappa shape index (κ2) is 7.55. The highest BCUT2D eigenvalue weighted by molar-refractivity contribution is 9.10. The number of anilines is 1. The molecule has 0 saturated heterocycles. The van der Waals surface area contributed by atoms with Gasteiger partial charge in [-0.25, -0.2) is 17.7 Å². The minimum Gasteiger partial charge on any atom is -0.363 e. The largest absolute Gasteiger partial charge is 0.363 e. The molecular weight excluding hydrogens is 450 g/mol. The van der Waals surface area contributed by atoms with Crippen LogP contribution in [0.3, 0.4) is 0 Å². The number of hydrogen-bond donors (Lipinski definition) is 0. The molecule has 0 atom stereocenters. The first kappa shape index (κ1) is 18.8. The van der Waals surface area contributed by atoms with Crippen molar-refractivity contribution in [2.45, 2.75) is 4.90 Å². The van der Waals surface area contributed by atoms with Crippen molar-refractivity contribution in [1.29, 1.82) is 0 Å². The Bertz CT molecular complexity index is 833. The molecule has 0 saturated carbocycles. The second-order valence-electron chi connectivity index (χ2n) is 4.31. The summed E-state index contributed by atoms with van der Waals surface area (Å²) in [7, 11) is -2.58. The summed E-state index contributed by atoms with van der Waals surface area (Å²) in [6.07, 6.45) is 1.39. The van der Waals surface area contributed by atoms with Crippen molar-refractivity contribution in [1.82, 2.24) is 4.98 Å². The molecule has 0 aliphatic rings. The van der Waals surface area contributed by atoms with Crippen LogP contribution in [0.15, 0.2) is 40.0 Å². The van der Waals surface area contributed by atoms with Crippen molar-refractivity contribution in [2.75, 3.05) is 18.1 Å². The monoisotopic (exact) mass is 458 g/mol. The fourth-order valence-electron chi connectivity index (χ4n) is 1.74. The Hall–Kier alpha value is -0.570. The summed E-state index contributed by atoms with van der Waals surface area (Å²) in [5.74, 6) is 0. The molecule has 10 heteroatoms. The van der Waals surface area contributed by atoms with Crippen molar-refractivity contribution in [3.8, 4) is 0 Å². The van der Waals surface area contributed by atoms with E-state index in [1.807, 2.05) is 0 Å². The number of methoxy groups -OCH3 is 1. The van der Waals surface area contributed by atoms with Gasteiger partial charge in [-0.3, -0.25) is 0 Å². The third-order valence-electron chi connectivity index (χ3n) is 2.78. The Balaban J connectivity index is 2.59. The number of aromatic nitrogens is 1. The number of rotatable bonds is 5. The number of halogens is 4. The summed E-state index contributed by atoms with van der Waals surface area (Å²) in [5, 5.41) is 0.677. The van der Waals surface area contributed by atoms with Crippen LogP contribution in [0.2, 0.25) is 15.1 Å². The summed E-state index contributed by atoms with van der Waals surface area (Å²) < 4.78 is 32.1. The molecule has 0 bridgehead atoms. The van der Waals surface area contributed by atoms with Gasteiger partial charge in [0.25, 0.3) is 10.0 Å². The summed E-state index contributed by atoms with van der Waals surface area (Å²) in [5.41, 5.74) is 0.241. The molecule has 124 valence electrons. The van der Waals surface area contributed by atoms with E-state index < -0.39 is 10.0 Å². The second-order valence-corrected chi connectivity index (χ2v) is 8.18. The predicted octanol–water partition coefficient (Wildman–Crippen LogP) is 4.60. The first-order valence-corrected chi connectivity index (χ1v) is 9.42. The van der Waals surface area contributed by atoms with E-state index in [-0.39, 0.29) is 32.4 Å². The first-order chi connectivity index (χ1) is 10.8. The van der Waals surface area contributed by atoms with Crippen LogP contribution < -0.4 is 4.31 Å². The van der Waals surface area contributed by atoms with E-state index in [1.54, 1.807) is 0 Å². The van der Waals surface area contributed by atoms with Crippen LogP contribution in [0.4, 0.5) is 5.69 Å². The molecule has 1 aromatic heterocycles. The van der Waals surface area contributed by atoms with E-state index in [0.29, 0.717) is 4.60 Å². The quantitative estimate of drug-likeness (QED) is 0.483. The average Bonchev–Trinajstić information content (AvgIpc) is 2.50. The van der Waals surface area contributed by atoms with Crippen LogP contribution in [-0.4, -0.2) is 27.2 Å². The molecule has 0 unspecified atom stereocenters. The highest BCUT2D eigenvalue weighted by Gasteiger charge is 2.27. The Morgan fingerprint density at radius 2 is 1.91 bits per heavy atom. The zero-order valence-corrected chi connectivity index (χ0v) is 16.3. The number of hydrogen-bond acceptors (Lipinski definition) is 4. The summed E-state index contributed by atoms with van der Waals surface area (Å²) in [6, 6.07) is 5.51. The smallest absolute Gasteiger partial charge is 0.266 e. The van der Waals surface area contributed by atoms with Crippen LogP contribution in [-0.2, 0) is 14.8 Å². The molecule has 0 radical (unpaired) electrons. The minimum absolute atomic E-state index is 0.0316. The molecule has 0 aliphatic carbocycles. The zero-order valence-electron chi connectivity index (χ0n) is 11.6. The molecule has 0 spiro atoms. The molecule has 0 N–H and O–H groups in total. The third kappa shape index (κ3) is 4.10. The van der Waals surface area contributed by atoms with Gasteiger partial charge in [0.05, 0.1) is 25.7 Å². The SMILES string of the molecule is COCN(c1cc(Cl)cnc1Br)S(=O)(=O)c1ccc(Cl)c(Cl)c1. The third-order valence-corrected chi connectivity index (χ3v) is 6.07. The number of benzene rings is 1. The average molecular weight is 461 g/mol. The Morgan fingerprint density at radius 3 is 2.52 bits per heavy atom. The molecule has 2 aromatic rings. The number of sulfonamides is 1. The van der Waals surface area contributed by atoms with E-state index in [9.17, 15) is 8.42 Å². The Kier molecular flexibility index (Phi) is 6.16. The van der Waals surface area contributed by atoms with Gasteiger partial charge in [0, 0.05) is 13.3 Å². The van der Waals surface area contributed by atoms with Gasteiger partial charge in [0.2, 0.25) is 0 Å². The molecule has 23 heavy (non-hydrogen) atoms. The van der Waals surface area contributed by atoms with Gasteiger partial charge in [0.1, 0.15) is 11.3 Å². The Labute approximate surface area is 157 Å². The highest BCUT2D eigenvalue weighted by atomic mass is 79.9. The maximum Gasteiger partial charge on any atom is 0.266 e. The van der Waals surface area contributed by atoms with E-state index in [4.69, 9.17) is 39.5 Å². The first-order valence-electron chi connectivity index (χ1n) is 6.05. The Morgan fingerprint density at radius 1 is 1.22 bits per heavy atom. The van der Waals surface area contributed by atoms with Gasteiger partial charge >= 0.3 is 0 Å². The van der Waals surface area contributed by atoms with Crippen molar-refractivity contribution in [2.24, 2.45) is 0 Å². The molecule has 1 aromatic carbocycles. The summed E-state index contributed by atoms with van der Waals surface area (Å²) >= 11 is 20.9. The van der Waals surface area contributed by atoms with Gasteiger partial charge in [0.15, 0.2) is 0 Å². The van der Waals surface area contributed by atoms with Crippen molar-refractivity contribution in [3.63, 3.8) is 0 Å². The van der Waals surface area contributed by atoms with Crippen molar-refractivity contribution >= 4 is 66.4 Å². The molecular formula is C13H10BrCl3N2O3S. The molecule has 2 rings (SSSR count). The normalized spacial score (nSPS) is 11.5. The van der Waals surface area contributed by atoms with Gasteiger partial charge in [-0.15, -0.1) is 0 Å². The molecule has 0 aliphatic heterocycles. The molecule has 1 heterocycles. The van der Waals surface area contributed by atoms with Crippen LogP contribution in [0, 0.1) is 0 Å². The molecule has 0 fully saturated rings. The summed E-state index contributed by atoms with van der Waals surface area (Å²) in [4.78, 5) is 3.96. The molecule has 5 nitrogen and oxygen atoms in total. The van der Waals surface area contributed by atoms with Crippen LogP contribution in [0.1, 0.15) is 0 Å². The summed E-state index contributed by atoms with van der Waals surface area (Å²) in [6.45, 7) is -0.233. The van der Waals surface area contributed by atoms with Gasteiger partial charge in [-0.2, -0.15) is 0 Å². The zero-order chi connectivity index (χ0) is 17.2. The lowest BCUT2D eigenvalue weighted by Gasteiger charge is -2.24.